The molecule has 0 atom stereocenters. The Morgan fingerprint density at radius 1 is 1.06 bits per heavy atom. The minimum absolute atomic E-state index is 0.170. The van der Waals surface area contributed by atoms with E-state index in [4.69, 9.17) is 20.1 Å². The van der Waals surface area contributed by atoms with Crippen molar-refractivity contribution in [2.75, 3.05) is 33.8 Å². The highest BCUT2D eigenvalue weighted by Crippen LogP contribution is 2.12. The lowest BCUT2D eigenvalue weighted by Crippen LogP contribution is -2.20. The maximum Gasteiger partial charge on any atom is 0.330 e. The fourth-order valence-corrected chi connectivity index (χ4v) is 2.15. The molecule has 0 bridgehead atoms. The molecule has 0 unspecified atom stereocenters. The summed E-state index contributed by atoms with van der Waals surface area (Å²) in [7, 11) is 0.127. The first kappa shape index (κ1) is 34.1. The van der Waals surface area contributed by atoms with Gasteiger partial charge in [0.1, 0.15) is 0 Å². The molecule has 184 valence electrons. The van der Waals surface area contributed by atoms with Crippen LogP contribution < -0.4 is 5.73 Å². The van der Waals surface area contributed by atoms with Crippen LogP contribution in [0, 0.1) is 6.92 Å². The number of aliphatic carboxylic acids is 2. The van der Waals surface area contributed by atoms with Gasteiger partial charge in [0.25, 0.3) is 10.1 Å². The number of nitrogens with two attached hydrogens (primary N) is 1. The van der Waals surface area contributed by atoms with Crippen LogP contribution in [-0.4, -0.2) is 69.3 Å². The number of likely N-dealkylation sites (N-methyl/N-ethyl adjacent to an activating group) is 1. The second-order valence-electron chi connectivity index (χ2n) is 6.65. The summed E-state index contributed by atoms with van der Waals surface area (Å²) in [6, 6.07) is 6.62. The highest BCUT2D eigenvalue weighted by molar-refractivity contribution is 7.86. The van der Waals surface area contributed by atoms with Gasteiger partial charge in [-0.1, -0.05) is 44.7 Å². The molecule has 0 spiro atoms. The van der Waals surface area contributed by atoms with Crippen LogP contribution in [0.25, 0.3) is 0 Å². The molecule has 1 aromatic carbocycles. The van der Waals surface area contributed by atoms with Gasteiger partial charge in [-0.25, -0.2) is 9.59 Å². The molecule has 0 radical (unpaired) electrons. The van der Waals surface area contributed by atoms with Gasteiger partial charge in [-0.2, -0.15) is 8.42 Å². The van der Waals surface area contributed by atoms with Crippen molar-refractivity contribution in [2.24, 2.45) is 5.73 Å². The average molecular weight is 475 g/mol. The zero-order valence-electron chi connectivity index (χ0n) is 19.9. The lowest BCUT2D eigenvalue weighted by Gasteiger charge is -2.10. The first-order chi connectivity index (χ1) is 14.7. The zero-order valence-corrected chi connectivity index (χ0v) is 20.7. The molecular weight excluding hydrogens is 436 g/mol. The number of hydrogen-bond donors (Lipinski definition) is 3. The summed E-state index contributed by atoms with van der Waals surface area (Å²) < 4.78 is 28.3. The molecule has 0 saturated carbocycles. The van der Waals surface area contributed by atoms with E-state index in [1.807, 2.05) is 32.8 Å². The van der Waals surface area contributed by atoms with Crippen LogP contribution in [0.2, 0.25) is 0 Å². The average Bonchev–Trinajstić information content (AvgIpc) is 2.68. The quantitative estimate of drug-likeness (QED) is 0.382. The van der Waals surface area contributed by atoms with Crippen molar-refractivity contribution < 1.29 is 32.4 Å². The van der Waals surface area contributed by atoms with Crippen LogP contribution in [0.15, 0.2) is 53.5 Å². The Hall–Kier alpha value is -2.53. The van der Waals surface area contributed by atoms with Crippen molar-refractivity contribution >= 4 is 22.1 Å². The van der Waals surface area contributed by atoms with E-state index in [1.54, 1.807) is 31.2 Å². The Bertz CT molecular complexity index is 790. The van der Waals surface area contributed by atoms with Crippen molar-refractivity contribution in [3.05, 3.63) is 54.1 Å². The van der Waals surface area contributed by atoms with Crippen LogP contribution >= 0.6 is 0 Å². The second kappa shape index (κ2) is 19.2. The van der Waals surface area contributed by atoms with E-state index < -0.39 is 22.1 Å². The molecule has 1 aromatic rings. The molecule has 0 fully saturated rings. The summed E-state index contributed by atoms with van der Waals surface area (Å²) in [6.45, 7) is 14.9. The van der Waals surface area contributed by atoms with Gasteiger partial charge in [-0.3, -0.25) is 4.18 Å². The fraction of sp³-hybridized carbons (Fsp3) is 0.455. The molecule has 10 heteroatoms. The maximum atomic E-state index is 11.7. The van der Waals surface area contributed by atoms with Crippen LogP contribution in [0.3, 0.4) is 0 Å². The van der Waals surface area contributed by atoms with Crippen molar-refractivity contribution in [1.82, 2.24) is 4.90 Å². The molecule has 4 N–H and O–H groups in total. The van der Waals surface area contributed by atoms with Crippen LogP contribution in [0.4, 0.5) is 0 Å². The monoisotopic (exact) mass is 474 g/mol. The van der Waals surface area contributed by atoms with Crippen molar-refractivity contribution in [2.45, 2.75) is 39.0 Å². The molecule has 32 heavy (non-hydrogen) atoms. The normalized spacial score (nSPS) is 9.75. The van der Waals surface area contributed by atoms with E-state index >= 15 is 0 Å². The van der Waals surface area contributed by atoms with Crippen LogP contribution in [0.1, 0.15) is 32.8 Å². The van der Waals surface area contributed by atoms with E-state index in [1.165, 1.54) is 6.92 Å². The summed E-state index contributed by atoms with van der Waals surface area (Å²) in [5.41, 5.74) is 6.31. The van der Waals surface area contributed by atoms with Crippen molar-refractivity contribution in [3.63, 3.8) is 0 Å². The van der Waals surface area contributed by atoms with Gasteiger partial charge < -0.3 is 20.8 Å². The predicted octanol–water partition coefficient (Wildman–Crippen LogP) is 2.91. The lowest BCUT2D eigenvalue weighted by molar-refractivity contribution is -0.133. The van der Waals surface area contributed by atoms with Gasteiger partial charge in [-0.05, 0) is 53.0 Å². The van der Waals surface area contributed by atoms with E-state index in [-0.39, 0.29) is 22.6 Å². The summed E-state index contributed by atoms with van der Waals surface area (Å²) >= 11 is 0. The van der Waals surface area contributed by atoms with Gasteiger partial charge in [0.2, 0.25) is 0 Å². The third-order valence-electron chi connectivity index (χ3n) is 3.18. The summed E-state index contributed by atoms with van der Waals surface area (Å²) in [5.74, 6) is -1.84. The number of carbonyl (C=O) groups is 2. The fourth-order valence-electron chi connectivity index (χ4n) is 1.25. The molecule has 0 aliphatic carbocycles. The highest BCUT2D eigenvalue weighted by atomic mass is 32.2. The number of aryl methyl sites for hydroxylation is 1. The minimum Gasteiger partial charge on any atom is -0.478 e. The van der Waals surface area contributed by atoms with Gasteiger partial charge in [0, 0.05) is 17.7 Å². The Balaban J connectivity index is -0.000000435. The topological polar surface area (TPSA) is 147 Å². The van der Waals surface area contributed by atoms with Crippen molar-refractivity contribution in [1.29, 1.82) is 0 Å². The van der Waals surface area contributed by atoms with E-state index in [0.29, 0.717) is 13.0 Å². The molecule has 9 nitrogen and oxygen atoms in total. The highest BCUT2D eigenvalue weighted by Gasteiger charge is 2.14. The molecule has 0 aromatic heterocycles. The van der Waals surface area contributed by atoms with Gasteiger partial charge in [-0.15, -0.1) is 0 Å². The van der Waals surface area contributed by atoms with Crippen LogP contribution in [0.5, 0.6) is 0 Å². The third-order valence-corrected chi connectivity index (χ3v) is 4.51. The Labute approximate surface area is 192 Å². The van der Waals surface area contributed by atoms with E-state index in [2.05, 4.69) is 13.2 Å². The Morgan fingerprint density at radius 3 is 1.72 bits per heavy atom. The number of nitrogens with zero attached hydrogens (tertiary/aromatic N) is 1. The minimum atomic E-state index is -3.60. The molecule has 0 amide bonds. The number of rotatable bonds is 8. The Kier molecular flexibility index (Phi) is 20.4. The van der Waals surface area contributed by atoms with Gasteiger partial charge >= 0.3 is 11.9 Å². The molecular formula is C22H38N2O7S. The number of benzene rings is 1. The standard InChI is InChI=1S/C11H17NO3S.C5H8O2.C4H6O2.C2H7N/c1-10-4-6-11(7-5-10)16(13,14)15-9-8-12(2)3;1-3-4(2)5(6)7;1-3(2)4(5)6;1-2-3/h4-7H,8-9H2,1-3H3;2-3H2,1H3,(H,6,7);1H2,2H3,(H,5,6);2-3H2,1H3. The maximum absolute atomic E-state index is 11.7. The lowest BCUT2D eigenvalue weighted by atomic mass is 10.2. The number of hydrogen-bond acceptors (Lipinski definition) is 7. The summed E-state index contributed by atoms with van der Waals surface area (Å²) in [4.78, 5) is 21.5. The SMILES string of the molecule is C=C(C)C(=O)O.C=C(CC)C(=O)O.CCN.Cc1ccc(S(=O)(=O)OCCN(C)C)cc1. The molecule has 1 rings (SSSR count). The van der Waals surface area contributed by atoms with E-state index in [9.17, 15) is 18.0 Å². The Morgan fingerprint density at radius 2 is 1.47 bits per heavy atom. The molecule has 0 saturated heterocycles. The number of carboxylic acids is 2. The first-order valence-electron chi connectivity index (χ1n) is 9.76. The van der Waals surface area contributed by atoms with Gasteiger partial charge in [0.05, 0.1) is 11.5 Å². The number of carboxylic acid groups (broad SMARTS) is 2. The molecule has 0 heterocycles. The third kappa shape index (κ3) is 20.7. The first-order valence-corrected chi connectivity index (χ1v) is 11.2. The van der Waals surface area contributed by atoms with Crippen LogP contribution in [-0.2, 0) is 23.9 Å². The molecule has 0 aliphatic heterocycles. The van der Waals surface area contributed by atoms with E-state index in [0.717, 1.165) is 12.1 Å². The summed E-state index contributed by atoms with van der Waals surface area (Å²) in [5, 5.41) is 16.0. The largest absolute Gasteiger partial charge is 0.478 e. The smallest absolute Gasteiger partial charge is 0.330 e. The molecule has 0 aliphatic rings. The van der Waals surface area contributed by atoms with Gasteiger partial charge in [0.15, 0.2) is 0 Å². The second-order valence-corrected chi connectivity index (χ2v) is 8.26. The predicted molar refractivity (Wildman–Crippen MR) is 127 cm³/mol. The zero-order chi connectivity index (χ0) is 25.9. The van der Waals surface area contributed by atoms with Crippen molar-refractivity contribution in [3.8, 4) is 0 Å². The summed E-state index contributed by atoms with van der Waals surface area (Å²) in [6.07, 6.45) is 0.523.